The topological polar surface area (TPSA) is 13.1 Å². The van der Waals surface area contributed by atoms with E-state index in [1.807, 2.05) is 0 Å². The van der Waals surface area contributed by atoms with Crippen LogP contribution in [-0.4, -0.2) is 0 Å². The number of hydrogen-bond donors (Lipinski definition) is 0. The molecule has 0 spiro atoms. The molecule has 17 rings (SSSR count). The van der Waals surface area contributed by atoms with Crippen LogP contribution in [0, 0.1) is 0 Å². The van der Waals surface area contributed by atoms with Crippen molar-refractivity contribution < 1.29 is 40.1 Å². The van der Waals surface area contributed by atoms with E-state index >= 15 is 0 Å². The molecule has 1 nitrogen and oxygen atoms in total. The van der Waals surface area contributed by atoms with Gasteiger partial charge in [0.15, 0.2) is 0 Å². The normalized spacial score (nSPS) is 16.2. The maximum atomic E-state index is 9.70. The fourth-order valence-electron chi connectivity index (χ4n) is 11.4. The Morgan fingerprint density at radius 3 is 1.44 bits per heavy atom. The number of fused-ring (bicyclic) bond motifs is 11. The Balaban J connectivity index is 0.000000181. The lowest BCUT2D eigenvalue weighted by molar-refractivity contribution is 0.669. The van der Waals surface area contributed by atoms with Crippen molar-refractivity contribution in [2.24, 2.45) is 0 Å². The summed E-state index contributed by atoms with van der Waals surface area (Å²) in [6.07, 6.45) is 0. The molecular weight excluding hydrogens is 977 g/mol. The average molecular weight is 1050 g/mol. The van der Waals surface area contributed by atoms with E-state index in [9.17, 15) is 11.0 Å². The molecular formula is C80H50O. The van der Waals surface area contributed by atoms with Gasteiger partial charge in [-0.15, -0.1) is 0 Å². The van der Waals surface area contributed by atoms with Crippen molar-refractivity contribution in [2.45, 2.75) is 0 Å². The van der Waals surface area contributed by atoms with Crippen LogP contribution in [0.25, 0.3) is 164 Å². The second-order valence-electron chi connectivity index (χ2n) is 19.4. The molecule has 0 saturated carbocycles. The molecule has 0 unspecified atom stereocenters. The molecule has 0 atom stereocenters. The Morgan fingerprint density at radius 1 is 0.235 bits per heavy atom. The summed E-state index contributed by atoms with van der Waals surface area (Å²) in [5.41, 5.74) is 2.12. The van der Waals surface area contributed by atoms with Gasteiger partial charge in [-0.05, 0) is 178 Å². The van der Waals surface area contributed by atoms with Crippen molar-refractivity contribution in [3.63, 3.8) is 0 Å². The molecule has 0 aliphatic rings. The number of furan rings is 1. The number of benzene rings is 16. The predicted octanol–water partition coefficient (Wildman–Crippen LogP) is 22.8. The first kappa shape index (κ1) is 27.3. The summed E-state index contributed by atoms with van der Waals surface area (Å²) in [7, 11) is 0. The van der Waals surface area contributed by atoms with Crippen LogP contribution in [0.1, 0.15) is 35.6 Å². The summed E-state index contributed by atoms with van der Waals surface area (Å²) >= 11 is 0. The van der Waals surface area contributed by atoms with Crippen LogP contribution in [0.15, 0.2) is 307 Å². The lowest BCUT2D eigenvalue weighted by Crippen LogP contribution is -1.92. The second kappa shape index (κ2) is 19.1. The summed E-state index contributed by atoms with van der Waals surface area (Å²) in [5.74, 6) is 0. The fraction of sp³-hybridized carbons (Fsp3) is 0. The Kier molecular flexibility index (Phi) is 6.44. The van der Waals surface area contributed by atoms with Gasteiger partial charge < -0.3 is 4.42 Å². The number of hydrogen-bond acceptors (Lipinski definition) is 1. The predicted molar refractivity (Wildman–Crippen MR) is 347 cm³/mol. The minimum atomic E-state index is -1.07. The molecule has 0 saturated heterocycles. The third-order valence-corrected chi connectivity index (χ3v) is 14.9. The molecule has 16 aromatic carbocycles. The van der Waals surface area contributed by atoms with E-state index in [0.717, 1.165) is 16.6 Å². The van der Waals surface area contributed by atoms with Crippen LogP contribution in [0.4, 0.5) is 0 Å². The van der Waals surface area contributed by atoms with Gasteiger partial charge in [0.05, 0.1) is 35.6 Å². The minimum absolute atomic E-state index is 0.554. The van der Waals surface area contributed by atoms with E-state index in [0.29, 0.717) is 0 Å². The molecule has 0 aliphatic heterocycles. The van der Waals surface area contributed by atoms with Crippen LogP contribution in [0.3, 0.4) is 0 Å². The van der Waals surface area contributed by atoms with E-state index < -0.39 is 234 Å². The first-order chi connectivity index (χ1) is 51.0. The molecule has 81 heavy (non-hydrogen) atoms. The molecule has 0 radical (unpaired) electrons. The molecule has 0 bridgehead atoms. The summed E-state index contributed by atoms with van der Waals surface area (Å²) in [5, 5.41) is 6.88. The monoisotopic (exact) mass is 1050 g/mol. The molecule has 1 aromatic heterocycles. The fourth-order valence-corrected chi connectivity index (χ4v) is 11.4. The summed E-state index contributed by atoms with van der Waals surface area (Å²) in [6.45, 7) is 0. The van der Waals surface area contributed by atoms with Crippen molar-refractivity contribution >= 4 is 108 Å². The van der Waals surface area contributed by atoms with Crippen molar-refractivity contribution in [1.29, 1.82) is 0 Å². The highest BCUT2D eigenvalue weighted by molar-refractivity contribution is 6.27. The summed E-state index contributed by atoms with van der Waals surface area (Å²) in [6, 6.07) is 28.3. The maximum Gasteiger partial charge on any atom is 0.136 e. The third kappa shape index (κ3) is 7.77. The Labute approximate surface area is 505 Å². The van der Waals surface area contributed by atoms with Gasteiger partial charge in [0.25, 0.3) is 0 Å². The smallest absolute Gasteiger partial charge is 0.136 e. The Bertz CT molecular complexity index is 6820. The van der Waals surface area contributed by atoms with Gasteiger partial charge >= 0.3 is 0 Å². The van der Waals surface area contributed by atoms with Gasteiger partial charge in [-0.2, -0.15) is 0 Å². The van der Waals surface area contributed by atoms with E-state index in [1.165, 1.54) is 70.7 Å². The zero-order valence-corrected chi connectivity index (χ0v) is 42.3. The lowest BCUT2D eigenvalue weighted by Gasteiger charge is -2.19. The zero-order valence-electron chi connectivity index (χ0n) is 68.3. The van der Waals surface area contributed by atoms with Gasteiger partial charge in [0.2, 0.25) is 0 Å². The lowest BCUT2D eigenvalue weighted by atomic mass is 9.84. The maximum absolute atomic E-state index is 9.70. The molecule has 0 amide bonds. The molecule has 1 heteroatoms. The van der Waals surface area contributed by atoms with E-state index in [-0.39, 0.29) is 0 Å². The zero-order chi connectivity index (χ0) is 76.0. The second-order valence-corrected chi connectivity index (χ2v) is 19.4. The third-order valence-electron chi connectivity index (χ3n) is 14.9. The Hall–Kier alpha value is -10.6. The van der Waals surface area contributed by atoms with Crippen LogP contribution in [0.2, 0.25) is 0 Å². The van der Waals surface area contributed by atoms with E-state index in [1.54, 1.807) is 0 Å². The van der Waals surface area contributed by atoms with Gasteiger partial charge in [0.1, 0.15) is 11.2 Å². The molecule has 376 valence electrons. The van der Waals surface area contributed by atoms with Crippen molar-refractivity contribution in [1.82, 2.24) is 0 Å². The summed E-state index contributed by atoms with van der Waals surface area (Å²) < 4.78 is 238. The summed E-state index contributed by atoms with van der Waals surface area (Å²) in [4.78, 5) is 0. The molecule has 0 aliphatic carbocycles. The van der Waals surface area contributed by atoms with Gasteiger partial charge in [-0.1, -0.05) is 266 Å². The van der Waals surface area contributed by atoms with Gasteiger partial charge in [0, 0.05) is 10.8 Å². The molecule has 17 aromatic rings. The molecule has 0 fully saturated rings. The average Bonchev–Trinajstić information content (AvgIpc) is 1.14. The standard InChI is InChI=1S/C40H24O.C40H26/c1-2-11-26-22-29(21-20-25(26)10-1)38-30-14-5-7-16-32(30)39(33-17-8-6-15-31(33)38)34-18-9-19-36-40(34)35-23-27-12-3-4-13-28(27)24-37(35)41-36;1-2-13-29-25-31(24-23-27(29)11-1)30-15-9-16-32(26-30)39-35-18-5-7-20-37(35)40(38-21-8-6-19-36(38)39)34-22-10-14-28-12-3-4-17-33(28)34/h1-24H;1-26H/i;1D,2D,3D,4D,5D,6D,7D,8D,9D,10D,11D,12D,13D,14D,15D,16D,17D,18D,19D,20D,21D,22D,23D,24D,25D,26D. The quantitative estimate of drug-likeness (QED) is 0.157. The van der Waals surface area contributed by atoms with Crippen LogP contribution in [-0.2, 0) is 0 Å². The van der Waals surface area contributed by atoms with Crippen LogP contribution < -0.4 is 0 Å². The highest BCUT2D eigenvalue weighted by Gasteiger charge is 2.22. The van der Waals surface area contributed by atoms with Crippen LogP contribution >= 0.6 is 0 Å². The highest BCUT2D eigenvalue weighted by atomic mass is 16.3. The minimum Gasteiger partial charge on any atom is -0.456 e. The first-order valence-corrected chi connectivity index (χ1v) is 25.9. The molecule has 0 N–H and O–H groups in total. The van der Waals surface area contributed by atoms with Crippen molar-refractivity contribution in [2.75, 3.05) is 0 Å². The number of rotatable bonds is 5. The molecule has 1 heterocycles. The van der Waals surface area contributed by atoms with Crippen molar-refractivity contribution in [3.05, 3.63) is 303 Å². The highest BCUT2D eigenvalue weighted by Crippen LogP contribution is 2.49. The van der Waals surface area contributed by atoms with Gasteiger partial charge in [-0.25, -0.2) is 0 Å². The van der Waals surface area contributed by atoms with E-state index in [2.05, 4.69) is 146 Å². The SMILES string of the molecule is [2H]c1c([2H])c(-c2c([2H])c([2H])c3c([2H])c([2H])c([2H])c([2H])c3c2[2H])c([2H])c(-c2c3c([2H])c([2H])c([2H])c([2H])c3c(-c3c([2H])c([2H])c([2H])c4c([2H])c([2H])c([2H])c([2H])c34)c3c([2H])c([2H])c([2H])c([2H])c23)c1[2H].c1ccc2cc(-c3c4ccccc4c(-c4cccc5oc6cc7ccccc7cc6c45)c4ccccc34)ccc2c1. The van der Waals surface area contributed by atoms with E-state index in [4.69, 9.17) is 29.1 Å². The Morgan fingerprint density at radius 2 is 0.741 bits per heavy atom. The largest absolute Gasteiger partial charge is 0.456 e. The van der Waals surface area contributed by atoms with Crippen molar-refractivity contribution in [3.8, 4) is 55.6 Å². The van der Waals surface area contributed by atoms with Gasteiger partial charge in [-0.3, -0.25) is 0 Å². The first-order valence-electron chi connectivity index (χ1n) is 38.9. The van der Waals surface area contributed by atoms with Crippen LogP contribution in [0.5, 0.6) is 0 Å².